The van der Waals surface area contributed by atoms with Crippen LogP contribution in [0.15, 0.2) is 29.1 Å². The second kappa shape index (κ2) is 5.39. The first-order valence-electron chi connectivity index (χ1n) is 6.30. The van der Waals surface area contributed by atoms with Gasteiger partial charge in [-0.25, -0.2) is 0 Å². The number of halogens is 1. The molecule has 1 aromatic rings. The van der Waals surface area contributed by atoms with Crippen LogP contribution in [0.25, 0.3) is 0 Å². The Hall–Kier alpha value is -0.895. The van der Waals surface area contributed by atoms with Crippen molar-refractivity contribution in [1.82, 2.24) is 0 Å². The summed E-state index contributed by atoms with van der Waals surface area (Å²) in [7, 11) is -0.298. The fraction of sp³-hybridized carbons (Fsp3) is 0.429. The highest BCUT2D eigenvalue weighted by Gasteiger charge is 2.31. The molecule has 1 aliphatic heterocycles. The Morgan fingerprint density at radius 1 is 0.944 bits per heavy atom. The fourth-order valence-corrected chi connectivity index (χ4v) is 2.97. The van der Waals surface area contributed by atoms with Crippen LogP contribution in [0.5, 0.6) is 0 Å². The lowest BCUT2D eigenvalue weighted by Gasteiger charge is -2.18. The zero-order valence-corrected chi connectivity index (χ0v) is 12.8. The molecule has 0 amide bonds. The molecule has 0 unspecified atom stereocenters. The summed E-state index contributed by atoms with van der Waals surface area (Å²) in [5, 5.41) is 0. The van der Waals surface area contributed by atoms with E-state index in [-0.39, 0.29) is 7.12 Å². The van der Waals surface area contributed by atoms with E-state index in [4.69, 9.17) is 9.31 Å². The highest BCUT2D eigenvalue weighted by Crippen LogP contribution is 2.28. The van der Waals surface area contributed by atoms with Crippen LogP contribution in [0, 0.1) is 0 Å². The normalized spacial score (nSPS) is 14.3. The average molecular weight is 309 g/mol. The molecule has 0 aliphatic carbocycles. The molecule has 2 nitrogen and oxygen atoms in total. The number of hydrogen-bond donors (Lipinski definition) is 0. The maximum atomic E-state index is 5.49. The zero-order valence-electron chi connectivity index (χ0n) is 11.2. The Morgan fingerprint density at radius 2 is 1.50 bits per heavy atom. The minimum atomic E-state index is -0.298. The van der Waals surface area contributed by atoms with Gasteiger partial charge in [0.15, 0.2) is 0 Å². The molecule has 0 atom stereocenters. The molecule has 1 aromatic carbocycles. The van der Waals surface area contributed by atoms with Gasteiger partial charge in [-0.1, -0.05) is 49.7 Å². The second-order valence-electron chi connectivity index (χ2n) is 5.19. The number of rotatable bonds is 3. The molecule has 0 fully saturated rings. The van der Waals surface area contributed by atoms with Crippen molar-refractivity contribution < 1.29 is 9.31 Å². The summed E-state index contributed by atoms with van der Waals surface area (Å²) < 4.78 is 12.1. The van der Waals surface area contributed by atoms with Crippen molar-refractivity contribution in [1.29, 1.82) is 0 Å². The third-order valence-electron chi connectivity index (χ3n) is 3.16. The Kier molecular flexibility index (Phi) is 4.05. The van der Waals surface area contributed by atoms with E-state index in [1.165, 1.54) is 11.1 Å². The largest absolute Gasteiger partial charge is 0.632 e. The SMILES string of the molecule is CC(C)c1cc(B2OC=CO2)c(C(C)C)cc1Br. The molecular weight excluding hydrogens is 291 g/mol. The van der Waals surface area contributed by atoms with Gasteiger partial charge in [0, 0.05) is 9.94 Å². The van der Waals surface area contributed by atoms with E-state index in [0.717, 1.165) is 9.94 Å². The Labute approximate surface area is 118 Å². The molecule has 0 saturated heterocycles. The van der Waals surface area contributed by atoms with Gasteiger partial charge in [-0.05, 0) is 29.0 Å². The maximum Gasteiger partial charge on any atom is 0.632 e. The third-order valence-corrected chi connectivity index (χ3v) is 3.85. The van der Waals surface area contributed by atoms with Crippen LogP contribution in [0.1, 0.15) is 50.7 Å². The highest BCUT2D eigenvalue weighted by atomic mass is 79.9. The molecule has 1 heterocycles. The molecule has 0 bridgehead atoms. The minimum Gasteiger partial charge on any atom is -0.525 e. The maximum absolute atomic E-state index is 5.49. The van der Waals surface area contributed by atoms with Crippen LogP contribution < -0.4 is 5.46 Å². The van der Waals surface area contributed by atoms with Crippen LogP contribution in [-0.2, 0) is 9.31 Å². The zero-order chi connectivity index (χ0) is 13.3. The first-order chi connectivity index (χ1) is 8.50. The van der Waals surface area contributed by atoms with E-state index in [9.17, 15) is 0 Å². The van der Waals surface area contributed by atoms with E-state index in [1.807, 2.05) is 0 Å². The van der Waals surface area contributed by atoms with Crippen molar-refractivity contribution in [2.75, 3.05) is 0 Å². The van der Waals surface area contributed by atoms with Crippen molar-refractivity contribution in [3.8, 4) is 0 Å². The first-order valence-corrected chi connectivity index (χ1v) is 7.09. The summed E-state index contributed by atoms with van der Waals surface area (Å²) in [6.07, 6.45) is 3.21. The average Bonchev–Trinajstić information content (AvgIpc) is 2.81. The van der Waals surface area contributed by atoms with Crippen LogP contribution >= 0.6 is 15.9 Å². The summed E-state index contributed by atoms with van der Waals surface area (Å²) in [6, 6.07) is 4.39. The van der Waals surface area contributed by atoms with E-state index in [1.54, 1.807) is 12.5 Å². The molecule has 0 saturated carbocycles. The van der Waals surface area contributed by atoms with Crippen molar-refractivity contribution in [2.24, 2.45) is 0 Å². The second-order valence-corrected chi connectivity index (χ2v) is 6.04. The molecule has 18 heavy (non-hydrogen) atoms. The number of hydrogen-bond acceptors (Lipinski definition) is 2. The van der Waals surface area contributed by atoms with Gasteiger partial charge in [0.1, 0.15) is 0 Å². The lowest BCUT2D eigenvalue weighted by atomic mass is 9.72. The van der Waals surface area contributed by atoms with Gasteiger partial charge < -0.3 is 9.31 Å². The molecule has 4 heteroatoms. The molecule has 1 aliphatic rings. The fourth-order valence-electron chi connectivity index (χ4n) is 2.16. The summed E-state index contributed by atoms with van der Waals surface area (Å²) in [6.45, 7) is 8.74. The van der Waals surface area contributed by atoms with Gasteiger partial charge in [0.05, 0.1) is 12.5 Å². The molecule has 0 aromatic heterocycles. The quantitative estimate of drug-likeness (QED) is 0.788. The summed E-state index contributed by atoms with van der Waals surface area (Å²) >= 11 is 3.66. The highest BCUT2D eigenvalue weighted by molar-refractivity contribution is 9.10. The molecule has 96 valence electrons. The third kappa shape index (κ3) is 2.58. The van der Waals surface area contributed by atoms with Crippen molar-refractivity contribution >= 4 is 28.5 Å². The summed E-state index contributed by atoms with van der Waals surface area (Å²) in [5.41, 5.74) is 3.68. The van der Waals surface area contributed by atoms with Crippen molar-refractivity contribution in [3.63, 3.8) is 0 Å². The van der Waals surface area contributed by atoms with Crippen molar-refractivity contribution in [3.05, 3.63) is 40.3 Å². The Morgan fingerprint density at radius 3 is 2.00 bits per heavy atom. The summed E-state index contributed by atoms with van der Waals surface area (Å²) in [4.78, 5) is 0. The van der Waals surface area contributed by atoms with Gasteiger partial charge in [-0.15, -0.1) is 0 Å². The first kappa shape index (κ1) is 13.5. The van der Waals surface area contributed by atoms with E-state index >= 15 is 0 Å². The standard InChI is InChI=1S/C14H18BBrO2/c1-9(2)11-8-14(16)12(10(3)4)7-13(11)15-17-5-6-18-15/h5-10H,1-4H3. The van der Waals surface area contributed by atoms with E-state index in [0.29, 0.717) is 11.8 Å². The van der Waals surface area contributed by atoms with Crippen LogP contribution in [0.2, 0.25) is 0 Å². The van der Waals surface area contributed by atoms with Gasteiger partial charge in [-0.3, -0.25) is 0 Å². The van der Waals surface area contributed by atoms with E-state index in [2.05, 4.69) is 55.8 Å². The van der Waals surface area contributed by atoms with Gasteiger partial charge >= 0.3 is 7.12 Å². The van der Waals surface area contributed by atoms with Crippen LogP contribution in [0.4, 0.5) is 0 Å². The lowest BCUT2D eigenvalue weighted by molar-refractivity contribution is 0.423. The van der Waals surface area contributed by atoms with E-state index < -0.39 is 0 Å². The minimum absolute atomic E-state index is 0.298. The predicted molar refractivity (Wildman–Crippen MR) is 79.0 cm³/mol. The van der Waals surface area contributed by atoms with Gasteiger partial charge in [0.25, 0.3) is 0 Å². The molecule has 0 N–H and O–H groups in total. The monoisotopic (exact) mass is 308 g/mol. The molecule has 0 radical (unpaired) electrons. The van der Waals surface area contributed by atoms with Gasteiger partial charge in [0.2, 0.25) is 0 Å². The van der Waals surface area contributed by atoms with Crippen LogP contribution in [0.3, 0.4) is 0 Å². The number of benzene rings is 1. The smallest absolute Gasteiger partial charge is 0.525 e. The van der Waals surface area contributed by atoms with Crippen LogP contribution in [-0.4, -0.2) is 7.12 Å². The Balaban J connectivity index is 2.49. The topological polar surface area (TPSA) is 18.5 Å². The van der Waals surface area contributed by atoms with Crippen molar-refractivity contribution in [2.45, 2.75) is 39.5 Å². The Bertz CT molecular complexity index is 461. The predicted octanol–water partition coefficient (Wildman–Crippen LogP) is 3.91. The summed E-state index contributed by atoms with van der Waals surface area (Å²) in [5.74, 6) is 0.902. The molecule has 0 spiro atoms. The lowest BCUT2D eigenvalue weighted by Crippen LogP contribution is -2.35. The molecule has 2 rings (SSSR count). The molecular formula is C14H18BBrO2. The van der Waals surface area contributed by atoms with Gasteiger partial charge in [-0.2, -0.15) is 0 Å².